The molecule has 33 heavy (non-hydrogen) atoms. The number of rotatable bonds is 9. The van der Waals surface area contributed by atoms with Crippen LogP contribution < -0.4 is 21.7 Å². The van der Waals surface area contributed by atoms with Crippen molar-refractivity contribution < 1.29 is 34.1 Å². The quantitative estimate of drug-likeness (QED) is 0.257. The molecule has 0 bridgehead atoms. The molecule has 2 heterocycles. The SMILES string of the molecule is NC1=NC(O)C2=C(NCC(CCc3ccc(C(=O)N[C@@H](C[C@H](F)C(=O)O)C(=O)O)cc3)C2)N1. The van der Waals surface area contributed by atoms with Gasteiger partial charge in [0.15, 0.2) is 18.4 Å². The molecule has 0 radical (unpaired) electrons. The summed E-state index contributed by atoms with van der Waals surface area (Å²) in [6.07, 6.45) is -2.04. The van der Waals surface area contributed by atoms with Gasteiger partial charge in [-0.3, -0.25) is 4.79 Å². The molecule has 4 atom stereocenters. The van der Waals surface area contributed by atoms with Crippen LogP contribution in [-0.4, -0.2) is 64.1 Å². The first kappa shape index (κ1) is 24.0. The number of hydrogen-bond donors (Lipinski definition) is 7. The number of benzene rings is 1. The number of carboxylic acid groups (broad SMARTS) is 2. The zero-order valence-corrected chi connectivity index (χ0v) is 17.6. The maximum absolute atomic E-state index is 13.4. The van der Waals surface area contributed by atoms with E-state index in [2.05, 4.69) is 20.9 Å². The third-order valence-corrected chi connectivity index (χ3v) is 5.59. The molecule has 0 saturated carbocycles. The highest BCUT2D eigenvalue weighted by Gasteiger charge is 2.29. The number of carbonyl (C=O) groups is 3. The first-order valence-electron chi connectivity index (χ1n) is 10.4. The van der Waals surface area contributed by atoms with Gasteiger partial charge in [-0.05, 0) is 42.9 Å². The number of nitrogens with zero attached hydrogens (tertiary/aromatic N) is 1. The number of aliphatic hydroxyl groups excluding tert-OH is 1. The summed E-state index contributed by atoms with van der Waals surface area (Å²) in [4.78, 5) is 38.1. The lowest BCUT2D eigenvalue weighted by molar-refractivity contribution is -0.145. The summed E-state index contributed by atoms with van der Waals surface area (Å²) in [5, 5.41) is 36.1. The van der Waals surface area contributed by atoms with E-state index in [9.17, 15) is 23.9 Å². The number of nitrogens with one attached hydrogen (secondary N) is 3. The highest BCUT2D eigenvalue weighted by atomic mass is 19.1. The average molecular weight is 463 g/mol. The van der Waals surface area contributed by atoms with E-state index in [1.54, 1.807) is 12.1 Å². The Labute approximate surface area is 188 Å². The molecule has 2 aliphatic heterocycles. The first-order valence-corrected chi connectivity index (χ1v) is 10.4. The Morgan fingerprint density at radius 2 is 1.91 bits per heavy atom. The maximum atomic E-state index is 13.4. The van der Waals surface area contributed by atoms with E-state index in [0.717, 1.165) is 17.6 Å². The highest BCUT2D eigenvalue weighted by Crippen LogP contribution is 2.27. The standard InChI is InChI=1S/C21H26FN5O6/c22-14(19(30)31)8-15(20(32)33)25-17(28)12-5-3-10(4-6-12)1-2-11-7-13-16(24-9-11)26-21(23)27-18(13)29/h3-6,11,14-15,18,24,29H,1-2,7-9H2,(H,25,28)(H,30,31)(H,32,33)(H3,23,26,27)/t11?,14-,15-,18?/m0/s1. The lowest BCUT2D eigenvalue weighted by Gasteiger charge is -2.32. The van der Waals surface area contributed by atoms with Gasteiger partial charge in [0.2, 0.25) is 0 Å². The molecule has 0 saturated heterocycles. The van der Waals surface area contributed by atoms with Crippen LogP contribution in [0.3, 0.4) is 0 Å². The second kappa shape index (κ2) is 10.3. The molecule has 2 unspecified atom stereocenters. The molecule has 178 valence electrons. The number of carboxylic acids is 2. The smallest absolute Gasteiger partial charge is 0.338 e. The van der Waals surface area contributed by atoms with Crippen molar-refractivity contribution in [1.29, 1.82) is 0 Å². The average Bonchev–Trinajstić information content (AvgIpc) is 2.77. The Bertz CT molecular complexity index is 980. The van der Waals surface area contributed by atoms with Gasteiger partial charge in [-0.25, -0.2) is 19.0 Å². The minimum atomic E-state index is -2.40. The minimum absolute atomic E-state index is 0.164. The van der Waals surface area contributed by atoms with Crippen molar-refractivity contribution >= 4 is 23.8 Å². The van der Waals surface area contributed by atoms with Gasteiger partial charge in [-0.2, -0.15) is 0 Å². The fourth-order valence-electron chi connectivity index (χ4n) is 3.74. The summed E-state index contributed by atoms with van der Waals surface area (Å²) in [5.41, 5.74) is 7.52. The molecule has 3 rings (SSSR count). The van der Waals surface area contributed by atoms with Gasteiger partial charge >= 0.3 is 11.9 Å². The number of aliphatic hydroxyl groups is 1. The molecular weight excluding hydrogens is 437 g/mol. The molecule has 1 aromatic carbocycles. The first-order chi connectivity index (χ1) is 15.6. The van der Waals surface area contributed by atoms with Gasteiger partial charge in [0.25, 0.3) is 5.91 Å². The van der Waals surface area contributed by atoms with Crippen molar-refractivity contribution in [2.45, 2.75) is 44.1 Å². The zero-order chi connectivity index (χ0) is 24.1. The van der Waals surface area contributed by atoms with E-state index in [1.807, 2.05) is 0 Å². The third kappa shape index (κ3) is 6.19. The van der Waals surface area contributed by atoms with Crippen molar-refractivity contribution in [1.82, 2.24) is 16.0 Å². The van der Waals surface area contributed by atoms with E-state index in [1.165, 1.54) is 12.1 Å². The Hall–Kier alpha value is -3.67. The molecule has 11 nitrogen and oxygen atoms in total. The van der Waals surface area contributed by atoms with Gasteiger partial charge in [0, 0.05) is 24.1 Å². The van der Waals surface area contributed by atoms with Crippen LogP contribution in [-0.2, 0) is 16.0 Å². The Morgan fingerprint density at radius 3 is 2.55 bits per heavy atom. The number of guanidine groups is 1. The predicted molar refractivity (Wildman–Crippen MR) is 115 cm³/mol. The molecule has 12 heteroatoms. The monoisotopic (exact) mass is 463 g/mol. The molecule has 0 aliphatic carbocycles. The Balaban J connectivity index is 1.52. The highest BCUT2D eigenvalue weighted by molar-refractivity contribution is 5.96. The Kier molecular flexibility index (Phi) is 7.48. The number of carbonyl (C=O) groups excluding carboxylic acids is 1. The Morgan fingerprint density at radius 1 is 1.21 bits per heavy atom. The molecule has 8 N–H and O–H groups in total. The van der Waals surface area contributed by atoms with Crippen molar-refractivity contribution in [3.63, 3.8) is 0 Å². The number of aliphatic carboxylic acids is 2. The summed E-state index contributed by atoms with van der Waals surface area (Å²) in [7, 11) is 0. The second-order valence-corrected chi connectivity index (χ2v) is 8.01. The normalized spacial score (nSPS) is 21.6. The van der Waals surface area contributed by atoms with Gasteiger partial charge in [0.1, 0.15) is 11.9 Å². The van der Waals surface area contributed by atoms with Crippen molar-refractivity contribution in [2.75, 3.05) is 6.54 Å². The number of hydrogen-bond acceptors (Lipinski definition) is 8. The van der Waals surface area contributed by atoms with E-state index in [4.69, 9.17) is 15.9 Å². The maximum Gasteiger partial charge on any atom is 0.338 e. The fourth-order valence-corrected chi connectivity index (χ4v) is 3.74. The number of alkyl halides is 1. The summed E-state index contributed by atoms with van der Waals surface area (Å²) in [5.74, 6) is -2.92. The lowest BCUT2D eigenvalue weighted by atomic mass is 9.89. The second-order valence-electron chi connectivity index (χ2n) is 8.01. The van der Waals surface area contributed by atoms with Gasteiger partial charge in [-0.15, -0.1) is 0 Å². The summed E-state index contributed by atoms with van der Waals surface area (Å²) >= 11 is 0. The number of aliphatic imine (C=N–C) groups is 1. The van der Waals surface area contributed by atoms with Crippen LogP contribution in [0.5, 0.6) is 0 Å². The van der Waals surface area contributed by atoms with E-state index >= 15 is 0 Å². The van der Waals surface area contributed by atoms with Crippen LogP contribution in [0.15, 0.2) is 40.7 Å². The van der Waals surface area contributed by atoms with Gasteiger partial charge in [0.05, 0.1) is 0 Å². The zero-order valence-electron chi connectivity index (χ0n) is 17.6. The number of halogens is 1. The number of aryl methyl sites for hydroxylation is 1. The minimum Gasteiger partial charge on any atom is -0.480 e. The summed E-state index contributed by atoms with van der Waals surface area (Å²) in [6.45, 7) is 0.703. The molecule has 1 aromatic rings. The van der Waals surface area contributed by atoms with Crippen molar-refractivity contribution in [3.8, 4) is 0 Å². The third-order valence-electron chi connectivity index (χ3n) is 5.59. The van der Waals surface area contributed by atoms with Gasteiger partial charge < -0.3 is 37.0 Å². The fraction of sp³-hybridized carbons (Fsp3) is 0.429. The van der Waals surface area contributed by atoms with Crippen LogP contribution in [0, 0.1) is 5.92 Å². The van der Waals surface area contributed by atoms with Crippen LogP contribution in [0.25, 0.3) is 0 Å². The predicted octanol–water partition coefficient (Wildman–Crippen LogP) is -0.328. The topological polar surface area (TPSA) is 186 Å². The van der Waals surface area contributed by atoms with Crippen LogP contribution in [0.2, 0.25) is 0 Å². The molecule has 0 aromatic heterocycles. The van der Waals surface area contributed by atoms with E-state index < -0.39 is 42.7 Å². The summed E-state index contributed by atoms with van der Waals surface area (Å²) in [6, 6.07) is 4.87. The molecule has 0 fully saturated rings. The van der Waals surface area contributed by atoms with Crippen LogP contribution >= 0.6 is 0 Å². The summed E-state index contributed by atoms with van der Waals surface area (Å²) < 4.78 is 13.4. The number of nitrogens with two attached hydrogens (primary N) is 1. The molecule has 0 spiro atoms. The number of amides is 1. The van der Waals surface area contributed by atoms with E-state index in [0.29, 0.717) is 25.2 Å². The molecule has 2 aliphatic rings. The molecule has 1 amide bonds. The van der Waals surface area contributed by atoms with Crippen molar-refractivity contribution in [2.24, 2.45) is 16.6 Å². The van der Waals surface area contributed by atoms with Crippen LogP contribution in [0.1, 0.15) is 35.2 Å². The van der Waals surface area contributed by atoms with E-state index in [-0.39, 0.29) is 17.4 Å². The largest absolute Gasteiger partial charge is 0.480 e. The lowest BCUT2D eigenvalue weighted by Crippen LogP contribution is -2.47. The van der Waals surface area contributed by atoms with Gasteiger partial charge in [-0.1, -0.05) is 12.1 Å². The van der Waals surface area contributed by atoms with Crippen molar-refractivity contribution in [3.05, 3.63) is 46.8 Å². The molecular formula is C21H26FN5O6. The van der Waals surface area contributed by atoms with Crippen LogP contribution in [0.4, 0.5) is 4.39 Å².